The molecule has 72 valence electrons. The van der Waals surface area contributed by atoms with Crippen molar-refractivity contribution in [2.75, 3.05) is 0 Å². The van der Waals surface area contributed by atoms with Gasteiger partial charge < -0.3 is 14.7 Å². The van der Waals surface area contributed by atoms with E-state index >= 15 is 0 Å². The number of halogens is 3. The molecule has 0 aliphatic carbocycles. The Bertz CT molecular complexity index is 322. The summed E-state index contributed by atoms with van der Waals surface area (Å²) in [4.78, 5) is 32.0. The molecule has 0 amide bonds. The van der Waals surface area contributed by atoms with Gasteiger partial charge in [0.15, 0.2) is 0 Å². The summed E-state index contributed by atoms with van der Waals surface area (Å²) in [5.74, 6) is 0. The Balaban J connectivity index is 0. The van der Waals surface area contributed by atoms with Gasteiger partial charge in [-0.05, 0) is 59.9 Å². The van der Waals surface area contributed by atoms with Crippen LogP contribution in [-0.4, -0.2) is 0 Å². The van der Waals surface area contributed by atoms with Gasteiger partial charge in [-0.1, -0.05) is 0 Å². The van der Waals surface area contributed by atoms with Crippen LogP contribution in [0.5, 0.6) is 0 Å². The fraction of sp³-hybridized carbons (Fsp3) is 0. The molecule has 15 heavy (non-hydrogen) atoms. The summed E-state index contributed by atoms with van der Waals surface area (Å²) in [6.45, 7) is 0. The third kappa shape index (κ3) is 6.99. The average molecular weight is 471 g/mol. The van der Waals surface area contributed by atoms with Crippen LogP contribution in [0.25, 0.3) is 0 Å². The average Bonchev–Trinajstić information content (AvgIpc) is 1.97. The van der Waals surface area contributed by atoms with Crippen molar-refractivity contribution in [3.05, 3.63) is 25.6 Å². The zero-order valence-electron chi connectivity index (χ0n) is 7.96. The summed E-state index contributed by atoms with van der Waals surface area (Å²) in [7, 11) is -4.67. The molecule has 3 nitrogen and oxygen atoms in total. The molecule has 0 N–H and O–H groups in total. The molecule has 0 saturated heterocycles. The molecule has 9 heteroatoms. The topological polar surface area (TPSA) is 69.2 Å². The molecule has 0 bridgehead atoms. The molecule has 0 unspecified atom stereocenters. The van der Waals surface area contributed by atoms with Crippen molar-refractivity contribution >= 4 is 61.0 Å². The van der Waals surface area contributed by atoms with Crippen molar-refractivity contribution in [1.29, 1.82) is 0 Å². The molecule has 0 atom stereocenters. The SMILES string of the molecule is [K+].[K+].[O-][P+]([O-])([O-])c1cc(Br)c(Br)c(Br)c1. The van der Waals surface area contributed by atoms with Crippen molar-refractivity contribution in [1.82, 2.24) is 0 Å². The number of benzene rings is 1. The van der Waals surface area contributed by atoms with E-state index in [4.69, 9.17) is 0 Å². The summed E-state index contributed by atoms with van der Waals surface area (Å²) in [6.07, 6.45) is 0. The third-order valence-electron chi connectivity index (χ3n) is 1.28. The molecule has 0 heterocycles. The first-order valence-electron chi connectivity index (χ1n) is 2.99. The van der Waals surface area contributed by atoms with Crippen molar-refractivity contribution in [2.45, 2.75) is 0 Å². The van der Waals surface area contributed by atoms with E-state index in [1.54, 1.807) is 0 Å². The summed E-state index contributed by atoms with van der Waals surface area (Å²) < 4.78 is 1.71. The predicted octanol–water partition coefficient (Wildman–Crippen LogP) is -5.55. The molecule has 0 aliphatic heterocycles. The second-order valence-electron chi connectivity index (χ2n) is 2.22. The van der Waals surface area contributed by atoms with Crippen molar-refractivity contribution in [3.63, 3.8) is 0 Å². The molecule has 1 rings (SSSR count). The van der Waals surface area contributed by atoms with E-state index in [9.17, 15) is 14.7 Å². The number of hydrogen-bond acceptors (Lipinski definition) is 3. The van der Waals surface area contributed by atoms with Crippen LogP contribution in [0.3, 0.4) is 0 Å². The number of hydrogen-bond donors (Lipinski definition) is 0. The molecular weight excluding hydrogens is 469 g/mol. The smallest absolute Gasteiger partial charge is 0.683 e. The van der Waals surface area contributed by atoms with Crippen molar-refractivity contribution < 1.29 is 117 Å². The van der Waals surface area contributed by atoms with Gasteiger partial charge in [-0.3, -0.25) is 0 Å². The maximum atomic E-state index is 10.7. The van der Waals surface area contributed by atoms with Gasteiger partial charge in [0.2, 0.25) is 0 Å². The second kappa shape index (κ2) is 9.23. The molecule has 0 saturated carbocycles. The van der Waals surface area contributed by atoms with Crippen LogP contribution in [0.1, 0.15) is 0 Å². The molecule has 0 aliphatic rings. The standard InChI is InChI=1S/C6H4Br3O3P.2K/c7-4-1-3(13(10,11)12)2-5(8)6(4)9;;/h1-2H,(H2,10,11,12);;/q;2*+1/p-2. The van der Waals surface area contributed by atoms with Crippen molar-refractivity contribution in [2.24, 2.45) is 0 Å². The minimum atomic E-state index is -4.67. The Morgan fingerprint density at radius 1 is 0.867 bits per heavy atom. The largest absolute Gasteiger partial charge is 1.00 e. The summed E-state index contributed by atoms with van der Waals surface area (Å²) in [5.41, 5.74) is 0. The Hall–Kier alpha value is 4.24. The zero-order chi connectivity index (χ0) is 10.2. The van der Waals surface area contributed by atoms with E-state index in [0.717, 1.165) is 0 Å². The first kappa shape index (κ1) is 21.5. The maximum absolute atomic E-state index is 10.7. The van der Waals surface area contributed by atoms with Crippen LogP contribution in [0.2, 0.25) is 0 Å². The molecule has 0 aromatic heterocycles. The van der Waals surface area contributed by atoms with E-state index in [1.165, 1.54) is 12.1 Å². The van der Waals surface area contributed by atoms with Crippen LogP contribution in [-0.2, 0) is 0 Å². The van der Waals surface area contributed by atoms with Gasteiger partial charge in [-0.25, -0.2) is 0 Å². The Morgan fingerprint density at radius 2 is 1.20 bits per heavy atom. The summed E-state index contributed by atoms with van der Waals surface area (Å²) >= 11 is 9.42. The second-order valence-corrected chi connectivity index (χ2v) is 6.23. The van der Waals surface area contributed by atoms with Crippen LogP contribution in [0.15, 0.2) is 25.6 Å². The summed E-state index contributed by atoms with van der Waals surface area (Å²) in [5, 5.41) is -0.241. The van der Waals surface area contributed by atoms with Crippen LogP contribution >= 0.6 is 55.7 Å². The van der Waals surface area contributed by atoms with Crippen LogP contribution < -0.4 is 123 Å². The Labute approximate surface area is 199 Å². The van der Waals surface area contributed by atoms with Gasteiger partial charge in [0.1, 0.15) is 0 Å². The zero-order valence-corrected chi connectivity index (χ0v) is 19.9. The first-order valence-corrected chi connectivity index (χ1v) is 6.91. The predicted molar refractivity (Wildman–Crippen MR) is 56.1 cm³/mol. The van der Waals surface area contributed by atoms with Gasteiger partial charge in [-0.2, -0.15) is 0 Å². The maximum Gasteiger partial charge on any atom is 1.00 e. The first-order chi connectivity index (χ1) is 5.82. The Morgan fingerprint density at radius 3 is 1.47 bits per heavy atom. The van der Waals surface area contributed by atoms with E-state index in [1.807, 2.05) is 0 Å². The van der Waals surface area contributed by atoms with Gasteiger partial charge in [0, 0.05) is 13.4 Å². The molecule has 1 aromatic carbocycles. The van der Waals surface area contributed by atoms with E-state index in [-0.39, 0.29) is 108 Å². The quantitative estimate of drug-likeness (QED) is 0.233. The van der Waals surface area contributed by atoms with E-state index in [2.05, 4.69) is 47.8 Å². The fourth-order valence-electron chi connectivity index (χ4n) is 0.700. The summed E-state index contributed by atoms with van der Waals surface area (Å²) in [6, 6.07) is 2.52. The van der Waals surface area contributed by atoms with Gasteiger partial charge in [0.05, 0.1) is 5.30 Å². The van der Waals surface area contributed by atoms with Crippen molar-refractivity contribution in [3.8, 4) is 0 Å². The monoisotopic (exact) mass is 468 g/mol. The van der Waals surface area contributed by atoms with E-state index < -0.39 is 7.94 Å². The number of rotatable bonds is 1. The van der Waals surface area contributed by atoms with Gasteiger partial charge in [-0.15, -0.1) is 7.94 Å². The third-order valence-corrected chi connectivity index (χ3v) is 5.34. The van der Waals surface area contributed by atoms with E-state index in [0.29, 0.717) is 13.4 Å². The fourth-order valence-corrected chi connectivity index (χ4v) is 3.04. The molecule has 0 fully saturated rings. The molecule has 0 spiro atoms. The minimum absolute atomic E-state index is 0. The minimum Gasteiger partial charge on any atom is -0.683 e. The van der Waals surface area contributed by atoms with Crippen LogP contribution in [0, 0.1) is 0 Å². The normalized spacial score (nSPS) is 10.3. The Kier molecular flexibility index (Phi) is 13.3. The van der Waals surface area contributed by atoms with Gasteiger partial charge in [0.25, 0.3) is 0 Å². The molecule has 1 aromatic rings. The van der Waals surface area contributed by atoms with Gasteiger partial charge >= 0.3 is 103 Å². The van der Waals surface area contributed by atoms with Crippen LogP contribution in [0.4, 0.5) is 0 Å². The molecule has 0 radical (unpaired) electrons. The molecular formula is C6H2Br3K2O3P.